The summed E-state index contributed by atoms with van der Waals surface area (Å²) in [6, 6.07) is 16.3. The molecule has 3 rings (SSSR count). The molecule has 1 heterocycles. The van der Waals surface area contributed by atoms with Gasteiger partial charge in [-0.3, -0.25) is 9.89 Å². The van der Waals surface area contributed by atoms with E-state index in [9.17, 15) is 0 Å². The molecule has 0 unspecified atom stereocenters. The van der Waals surface area contributed by atoms with Gasteiger partial charge in [-0.1, -0.05) is 41.9 Å². The first-order valence-corrected chi connectivity index (χ1v) is 8.67. The number of nitrogens with zero attached hydrogens (tertiary/aromatic N) is 3. The van der Waals surface area contributed by atoms with Gasteiger partial charge in [0.25, 0.3) is 0 Å². The average molecular weight is 357 g/mol. The van der Waals surface area contributed by atoms with E-state index in [-0.39, 0.29) is 0 Å². The van der Waals surface area contributed by atoms with E-state index in [0.29, 0.717) is 5.02 Å². The van der Waals surface area contributed by atoms with Crippen LogP contribution in [0.5, 0.6) is 0 Å². The van der Waals surface area contributed by atoms with E-state index in [1.807, 2.05) is 43.3 Å². The lowest BCUT2D eigenvalue weighted by atomic mass is 10.2. The van der Waals surface area contributed by atoms with Gasteiger partial charge in [-0.15, -0.1) is 5.10 Å². The van der Waals surface area contributed by atoms with Gasteiger partial charge in [-0.2, -0.15) is 5.43 Å². The van der Waals surface area contributed by atoms with Gasteiger partial charge in [0.05, 0.1) is 30.9 Å². The Bertz CT molecular complexity index is 784. The molecule has 2 aromatic rings. The van der Waals surface area contributed by atoms with E-state index < -0.39 is 0 Å². The van der Waals surface area contributed by atoms with E-state index in [2.05, 4.69) is 44.7 Å². The molecule has 0 saturated heterocycles. The summed E-state index contributed by atoms with van der Waals surface area (Å²) in [5.74, 6) is 0.918. The van der Waals surface area contributed by atoms with Gasteiger partial charge in [0.15, 0.2) is 0 Å². The second kappa shape index (κ2) is 8.03. The van der Waals surface area contributed by atoms with Crippen LogP contribution in [0.4, 0.5) is 5.69 Å². The van der Waals surface area contributed by atoms with Crippen molar-refractivity contribution in [2.24, 2.45) is 5.10 Å². The summed E-state index contributed by atoms with van der Waals surface area (Å²) in [5, 5.41) is 8.35. The van der Waals surface area contributed by atoms with Crippen molar-refractivity contribution in [3.05, 3.63) is 64.7 Å². The lowest BCUT2D eigenvalue weighted by Crippen LogP contribution is -2.34. The number of guanidine groups is 1. The van der Waals surface area contributed by atoms with Gasteiger partial charge in [0, 0.05) is 25.3 Å². The summed E-state index contributed by atoms with van der Waals surface area (Å²) in [7, 11) is 3.98. The normalized spacial score (nSPS) is 14.0. The van der Waals surface area contributed by atoms with Crippen LogP contribution in [0.2, 0.25) is 5.02 Å². The SMILES string of the molecule is CN(C)c1ccc(/C=N/NC2=[N+](Cc3ccccc3)CCN2)c(Cl)c1. The fourth-order valence-corrected chi connectivity index (χ4v) is 2.89. The van der Waals surface area contributed by atoms with E-state index in [4.69, 9.17) is 11.6 Å². The maximum Gasteiger partial charge on any atom is 0.370 e. The van der Waals surface area contributed by atoms with Crippen LogP contribution in [0.1, 0.15) is 11.1 Å². The number of hydrazone groups is 1. The number of nitrogens with one attached hydrogen (secondary N) is 2. The van der Waals surface area contributed by atoms with Crippen molar-refractivity contribution in [2.75, 3.05) is 32.1 Å². The molecule has 0 spiro atoms. The molecule has 0 radical (unpaired) electrons. The van der Waals surface area contributed by atoms with Gasteiger partial charge in [0.2, 0.25) is 0 Å². The predicted molar refractivity (Wildman–Crippen MR) is 105 cm³/mol. The van der Waals surface area contributed by atoms with Crippen LogP contribution in [0.3, 0.4) is 0 Å². The minimum Gasteiger partial charge on any atom is -0.378 e. The minimum atomic E-state index is 0.683. The standard InChI is InChI=1S/C19H22ClN5/c1-24(2)17-9-8-16(18(20)12-17)13-22-23-19-21-10-11-25(19)14-15-6-4-3-5-7-15/h3-9,12-13H,10-11,14H2,1-2H3,(H,21,23)/p+1/b22-13+. The number of hydrogen-bond acceptors (Lipinski definition) is 4. The number of benzene rings is 2. The Morgan fingerprint density at radius 1 is 1.24 bits per heavy atom. The Morgan fingerprint density at radius 3 is 2.76 bits per heavy atom. The lowest BCUT2D eigenvalue weighted by molar-refractivity contribution is -0.536. The quantitative estimate of drug-likeness (QED) is 0.491. The summed E-state index contributed by atoms with van der Waals surface area (Å²) in [5.41, 5.74) is 6.32. The van der Waals surface area contributed by atoms with Crippen molar-refractivity contribution in [1.29, 1.82) is 0 Å². The number of halogens is 1. The first-order valence-electron chi connectivity index (χ1n) is 8.29. The van der Waals surface area contributed by atoms with Crippen molar-refractivity contribution in [3.8, 4) is 0 Å². The summed E-state index contributed by atoms with van der Waals surface area (Å²) in [4.78, 5) is 2.02. The zero-order valence-corrected chi connectivity index (χ0v) is 15.3. The Labute approximate surface area is 153 Å². The van der Waals surface area contributed by atoms with Crippen LogP contribution >= 0.6 is 11.6 Å². The molecule has 2 N–H and O–H groups in total. The van der Waals surface area contributed by atoms with E-state index in [1.54, 1.807) is 6.21 Å². The molecule has 0 atom stereocenters. The molecule has 0 aliphatic carbocycles. The highest BCUT2D eigenvalue weighted by molar-refractivity contribution is 6.33. The van der Waals surface area contributed by atoms with Crippen molar-refractivity contribution in [2.45, 2.75) is 6.54 Å². The first kappa shape index (κ1) is 17.3. The van der Waals surface area contributed by atoms with Gasteiger partial charge in [0.1, 0.15) is 0 Å². The largest absolute Gasteiger partial charge is 0.378 e. The molecular formula is C19H23ClN5+. The van der Waals surface area contributed by atoms with Crippen LogP contribution in [0.25, 0.3) is 0 Å². The van der Waals surface area contributed by atoms with Crippen molar-refractivity contribution >= 4 is 29.5 Å². The maximum atomic E-state index is 6.33. The second-order valence-corrected chi connectivity index (χ2v) is 6.56. The summed E-state index contributed by atoms with van der Waals surface area (Å²) >= 11 is 6.33. The van der Waals surface area contributed by atoms with Gasteiger partial charge in [-0.25, -0.2) is 0 Å². The molecule has 0 aromatic heterocycles. The first-order chi connectivity index (χ1) is 12.1. The fourth-order valence-electron chi connectivity index (χ4n) is 2.67. The summed E-state index contributed by atoms with van der Waals surface area (Å²) < 4.78 is 2.24. The summed E-state index contributed by atoms with van der Waals surface area (Å²) in [6.45, 7) is 2.71. The summed E-state index contributed by atoms with van der Waals surface area (Å²) in [6.07, 6.45) is 1.75. The Hall–Kier alpha value is -2.53. The van der Waals surface area contributed by atoms with E-state index in [1.165, 1.54) is 5.56 Å². The van der Waals surface area contributed by atoms with Crippen molar-refractivity contribution in [3.63, 3.8) is 0 Å². The van der Waals surface area contributed by atoms with Crippen LogP contribution in [0, 0.1) is 0 Å². The van der Waals surface area contributed by atoms with E-state index in [0.717, 1.165) is 36.8 Å². The molecule has 5 nitrogen and oxygen atoms in total. The molecule has 25 heavy (non-hydrogen) atoms. The monoisotopic (exact) mass is 356 g/mol. The third kappa shape index (κ3) is 4.51. The molecule has 0 saturated carbocycles. The lowest BCUT2D eigenvalue weighted by Gasteiger charge is -2.12. The van der Waals surface area contributed by atoms with Crippen LogP contribution in [-0.4, -0.2) is 43.9 Å². The highest BCUT2D eigenvalue weighted by atomic mass is 35.5. The molecule has 130 valence electrons. The van der Waals surface area contributed by atoms with Crippen molar-refractivity contribution in [1.82, 2.24) is 10.7 Å². The molecule has 6 heteroatoms. The molecule has 1 aliphatic rings. The Kier molecular flexibility index (Phi) is 5.56. The van der Waals surface area contributed by atoms with Gasteiger partial charge < -0.3 is 4.90 Å². The molecule has 1 aliphatic heterocycles. The predicted octanol–water partition coefficient (Wildman–Crippen LogP) is 2.50. The zero-order valence-electron chi connectivity index (χ0n) is 14.5. The van der Waals surface area contributed by atoms with Crippen LogP contribution < -0.4 is 15.6 Å². The second-order valence-electron chi connectivity index (χ2n) is 6.15. The minimum absolute atomic E-state index is 0.683. The number of hydrogen-bond donors (Lipinski definition) is 2. The van der Waals surface area contributed by atoms with Gasteiger partial charge >= 0.3 is 5.96 Å². The molecule has 0 bridgehead atoms. The maximum absolute atomic E-state index is 6.33. The topological polar surface area (TPSA) is 42.7 Å². The van der Waals surface area contributed by atoms with Gasteiger partial charge in [-0.05, 0) is 23.8 Å². The highest BCUT2D eigenvalue weighted by Gasteiger charge is 2.19. The molecule has 0 amide bonds. The number of anilines is 1. The van der Waals surface area contributed by atoms with Crippen LogP contribution in [-0.2, 0) is 6.54 Å². The Balaban J connectivity index is 1.67. The fraction of sp³-hybridized carbons (Fsp3) is 0.263. The molecule has 2 aromatic carbocycles. The van der Waals surface area contributed by atoms with Crippen LogP contribution in [0.15, 0.2) is 53.6 Å². The Morgan fingerprint density at radius 2 is 2.04 bits per heavy atom. The van der Waals surface area contributed by atoms with Crippen molar-refractivity contribution < 1.29 is 4.58 Å². The average Bonchev–Trinajstić information content (AvgIpc) is 3.04. The van der Waals surface area contributed by atoms with E-state index >= 15 is 0 Å². The number of rotatable bonds is 5. The highest BCUT2D eigenvalue weighted by Crippen LogP contribution is 2.21. The zero-order chi connectivity index (χ0) is 17.6. The third-order valence-electron chi connectivity index (χ3n) is 4.08. The molecule has 0 fully saturated rings. The molecular weight excluding hydrogens is 334 g/mol. The smallest absolute Gasteiger partial charge is 0.370 e. The third-order valence-corrected chi connectivity index (χ3v) is 4.41.